The molecule has 1 heterocycles. The molecule has 1 saturated carbocycles. The van der Waals surface area contributed by atoms with Gasteiger partial charge in [0.1, 0.15) is 0 Å². The van der Waals surface area contributed by atoms with Crippen LogP contribution in [0.4, 0.5) is 0 Å². The molecule has 0 radical (unpaired) electrons. The predicted octanol–water partition coefficient (Wildman–Crippen LogP) is 0.734. The third-order valence-electron chi connectivity index (χ3n) is 4.12. The van der Waals surface area contributed by atoms with Crippen LogP contribution in [0.25, 0.3) is 0 Å². The third kappa shape index (κ3) is 4.73. The molecule has 2 aliphatic rings. The Hall–Kier alpha value is -0.0900. The Labute approximate surface area is 138 Å². The van der Waals surface area contributed by atoms with Crippen LogP contribution < -0.4 is 10.5 Å². The van der Waals surface area contributed by atoms with Crippen molar-refractivity contribution in [3.05, 3.63) is 0 Å². The Morgan fingerprint density at radius 2 is 2.10 bits per heavy atom. The van der Waals surface area contributed by atoms with Crippen LogP contribution >= 0.6 is 24.0 Å². The second kappa shape index (κ2) is 7.26. The van der Waals surface area contributed by atoms with Gasteiger partial charge >= 0.3 is 0 Å². The first-order valence-corrected chi connectivity index (χ1v) is 8.69. The Kier molecular flexibility index (Phi) is 6.52. The molecule has 0 aromatic heterocycles. The van der Waals surface area contributed by atoms with Crippen LogP contribution in [0.3, 0.4) is 0 Å². The second-order valence-electron chi connectivity index (χ2n) is 5.63. The summed E-state index contributed by atoms with van der Waals surface area (Å²) < 4.78 is 21.8. The van der Waals surface area contributed by atoms with Crippen molar-refractivity contribution in [2.24, 2.45) is 15.5 Å². The Bertz CT molecular complexity index is 448. The lowest BCUT2D eigenvalue weighted by Gasteiger charge is -2.38. The van der Waals surface area contributed by atoms with Gasteiger partial charge in [-0.05, 0) is 31.6 Å². The SMILES string of the molecule is CCNC(=NCCS(N)(=O)=O)N1CCC2(CCC2)C1.I. The van der Waals surface area contributed by atoms with Crippen LogP contribution in [0.1, 0.15) is 32.6 Å². The van der Waals surface area contributed by atoms with E-state index in [0.29, 0.717) is 5.41 Å². The van der Waals surface area contributed by atoms with Crippen molar-refractivity contribution in [3.63, 3.8) is 0 Å². The largest absolute Gasteiger partial charge is 0.357 e. The zero-order chi connectivity index (χ0) is 13.9. The molecule has 0 atom stereocenters. The number of guanidine groups is 1. The number of aliphatic imine (C=N–C) groups is 1. The van der Waals surface area contributed by atoms with E-state index < -0.39 is 10.0 Å². The maximum absolute atomic E-state index is 10.9. The van der Waals surface area contributed by atoms with Crippen LogP contribution in [0.5, 0.6) is 0 Å². The summed E-state index contributed by atoms with van der Waals surface area (Å²) in [5, 5.41) is 8.23. The number of halogens is 1. The Morgan fingerprint density at radius 3 is 2.55 bits per heavy atom. The Morgan fingerprint density at radius 1 is 1.40 bits per heavy atom. The molecule has 0 unspecified atom stereocenters. The van der Waals surface area contributed by atoms with Crippen molar-refractivity contribution < 1.29 is 8.42 Å². The van der Waals surface area contributed by atoms with Gasteiger partial charge in [0.2, 0.25) is 10.0 Å². The molecule has 1 spiro atoms. The maximum atomic E-state index is 10.9. The lowest BCUT2D eigenvalue weighted by Crippen LogP contribution is -2.42. The topological polar surface area (TPSA) is 87.8 Å². The molecule has 1 saturated heterocycles. The molecular weight excluding hydrogens is 391 g/mol. The third-order valence-corrected chi connectivity index (χ3v) is 4.88. The standard InChI is InChI=1S/C12H24N4O2S.HI/c1-2-14-11(15-7-9-19(13,17)18)16-8-6-12(10-16)4-3-5-12;/h2-10H2,1H3,(H,14,15)(H2,13,17,18);1H. The number of hydrogen-bond donors (Lipinski definition) is 2. The maximum Gasteiger partial charge on any atom is 0.210 e. The fraction of sp³-hybridized carbons (Fsp3) is 0.917. The van der Waals surface area contributed by atoms with Crippen LogP contribution in [0, 0.1) is 5.41 Å². The smallest absolute Gasteiger partial charge is 0.210 e. The Balaban J connectivity index is 0.00000200. The summed E-state index contributed by atoms with van der Waals surface area (Å²) in [6, 6.07) is 0. The highest BCUT2D eigenvalue weighted by Crippen LogP contribution is 2.47. The molecule has 20 heavy (non-hydrogen) atoms. The normalized spacial score (nSPS) is 21.5. The number of hydrogen-bond acceptors (Lipinski definition) is 3. The fourth-order valence-electron chi connectivity index (χ4n) is 2.91. The van der Waals surface area contributed by atoms with E-state index in [1.807, 2.05) is 6.92 Å². The van der Waals surface area contributed by atoms with Gasteiger partial charge in [-0.1, -0.05) is 6.42 Å². The van der Waals surface area contributed by atoms with Crippen molar-refractivity contribution in [1.82, 2.24) is 10.2 Å². The van der Waals surface area contributed by atoms with Gasteiger partial charge in [0.25, 0.3) is 0 Å². The van der Waals surface area contributed by atoms with E-state index in [9.17, 15) is 8.42 Å². The van der Waals surface area contributed by atoms with Crippen LogP contribution in [0.15, 0.2) is 4.99 Å². The molecule has 2 rings (SSSR count). The first-order chi connectivity index (χ1) is 8.94. The molecule has 0 aromatic rings. The van der Waals surface area contributed by atoms with Crippen molar-refractivity contribution >= 4 is 40.0 Å². The number of nitrogens with two attached hydrogens (primary N) is 1. The van der Waals surface area contributed by atoms with E-state index in [2.05, 4.69) is 15.2 Å². The summed E-state index contributed by atoms with van der Waals surface area (Å²) in [4.78, 5) is 6.63. The molecule has 0 amide bonds. The molecule has 2 fully saturated rings. The highest BCUT2D eigenvalue weighted by Gasteiger charge is 2.43. The van der Waals surface area contributed by atoms with E-state index in [4.69, 9.17) is 5.14 Å². The van der Waals surface area contributed by atoms with Crippen molar-refractivity contribution in [2.45, 2.75) is 32.6 Å². The number of nitrogens with zero attached hydrogens (tertiary/aromatic N) is 2. The molecule has 1 aliphatic heterocycles. The lowest BCUT2D eigenvalue weighted by molar-refractivity contribution is 0.151. The molecular formula is C12H25IN4O2S. The van der Waals surface area contributed by atoms with Crippen LogP contribution in [-0.4, -0.2) is 51.2 Å². The van der Waals surface area contributed by atoms with Crippen molar-refractivity contribution in [1.29, 1.82) is 0 Å². The summed E-state index contributed by atoms with van der Waals surface area (Å²) in [6.45, 7) is 5.10. The quantitative estimate of drug-likeness (QED) is 0.402. The van der Waals surface area contributed by atoms with Gasteiger partial charge in [-0.2, -0.15) is 0 Å². The van der Waals surface area contributed by atoms with Gasteiger partial charge < -0.3 is 10.2 Å². The predicted molar refractivity (Wildman–Crippen MR) is 91.8 cm³/mol. The highest BCUT2D eigenvalue weighted by molar-refractivity contribution is 14.0. The van der Waals surface area contributed by atoms with Gasteiger partial charge in [-0.25, -0.2) is 13.6 Å². The van der Waals surface area contributed by atoms with E-state index >= 15 is 0 Å². The number of likely N-dealkylation sites (tertiary alicyclic amines) is 1. The molecule has 118 valence electrons. The second-order valence-corrected chi connectivity index (χ2v) is 7.36. The minimum absolute atomic E-state index is 0. The summed E-state index contributed by atoms with van der Waals surface area (Å²) in [7, 11) is -3.43. The van der Waals surface area contributed by atoms with Gasteiger partial charge in [0.05, 0.1) is 12.3 Å². The zero-order valence-corrected chi connectivity index (χ0v) is 15.1. The number of primary sulfonamides is 1. The van der Waals surface area contributed by atoms with Gasteiger partial charge in [0, 0.05) is 19.6 Å². The average Bonchev–Trinajstić information content (AvgIpc) is 2.71. The number of rotatable bonds is 4. The number of nitrogens with one attached hydrogen (secondary N) is 1. The van der Waals surface area contributed by atoms with Gasteiger partial charge in [-0.15, -0.1) is 24.0 Å². The van der Waals surface area contributed by atoms with Gasteiger partial charge in [0.15, 0.2) is 5.96 Å². The summed E-state index contributed by atoms with van der Waals surface area (Å²) >= 11 is 0. The molecule has 1 aliphatic carbocycles. The molecule has 3 N–H and O–H groups in total. The lowest BCUT2D eigenvalue weighted by atomic mass is 9.68. The van der Waals surface area contributed by atoms with E-state index in [1.165, 1.54) is 25.7 Å². The molecule has 8 heteroatoms. The van der Waals surface area contributed by atoms with Crippen LogP contribution in [0.2, 0.25) is 0 Å². The first-order valence-electron chi connectivity index (χ1n) is 6.98. The fourth-order valence-corrected chi connectivity index (χ4v) is 3.25. The van der Waals surface area contributed by atoms with Gasteiger partial charge in [-0.3, -0.25) is 4.99 Å². The molecule has 0 aromatic carbocycles. The average molecular weight is 416 g/mol. The minimum Gasteiger partial charge on any atom is -0.357 e. The molecule has 0 bridgehead atoms. The monoisotopic (exact) mass is 416 g/mol. The van der Waals surface area contributed by atoms with E-state index in [-0.39, 0.29) is 36.3 Å². The van der Waals surface area contributed by atoms with Crippen molar-refractivity contribution in [2.75, 3.05) is 31.9 Å². The van der Waals surface area contributed by atoms with Crippen LogP contribution in [-0.2, 0) is 10.0 Å². The summed E-state index contributed by atoms with van der Waals surface area (Å²) in [5.74, 6) is 0.732. The van der Waals surface area contributed by atoms with E-state index in [0.717, 1.165) is 25.6 Å². The summed E-state index contributed by atoms with van der Waals surface area (Å²) in [6.07, 6.45) is 5.21. The molecule has 6 nitrogen and oxygen atoms in total. The minimum atomic E-state index is -3.43. The highest BCUT2D eigenvalue weighted by atomic mass is 127. The first kappa shape index (κ1) is 18.0. The number of sulfonamides is 1. The zero-order valence-electron chi connectivity index (χ0n) is 12.0. The van der Waals surface area contributed by atoms with Crippen molar-refractivity contribution in [3.8, 4) is 0 Å². The summed E-state index contributed by atoms with van der Waals surface area (Å²) in [5.41, 5.74) is 0.510. The van der Waals surface area contributed by atoms with E-state index in [1.54, 1.807) is 0 Å².